The molecule has 4 aromatic rings. The van der Waals surface area contributed by atoms with E-state index < -0.39 is 23.5 Å². The number of furan rings is 1. The number of pyridine rings is 1. The highest BCUT2D eigenvalue weighted by Gasteiger charge is 2.45. The van der Waals surface area contributed by atoms with Crippen molar-refractivity contribution in [3.05, 3.63) is 94.7 Å². The molecule has 1 unspecified atom stereocenters. The Kier molecular flexibility index (Phi) is 4.56. The summed E-state index contributed by atoms with van der Waals surface area (Å²) in [4.78, 5) is 32.3. The lowest BCUT2D eigenvalue weighted by Crippen LogP contribution is -2.31. The van der Waals surface area contributed by atoms with Crippen LogP contribution in [0.25, 0.3) is 11.0 Å². The highest BCUT2D eigenvalue weighted by Crippen LogP contribution is 2.45. The molecule has 2 aromatic carbocycles. The summed E-state index contributed by atoms with van der Waals surface area (Å²) >= 11 is 6.06. The number of aromatic nitrogens is 1. The number of ketones is 1. The summed E-state index contributed by atoms with van der Waals surface area (Å²) in [5.41, 5.74) is 1.39. The van der Waals surface area contributed by atoms with Crippen molar-refractivity contribution in [2.75, 3.05) is 11.7 Å². The summed E-state index contributed by atoms with van der Waals surface area (Å²) < 4.78 is 16.5. The minimum Gasteiger partial charge on any atom is -0.503 e. The first-order valence-corrected chi connectivity index (χ1v) is 10.7. The van der Waals surface area contributed by atoms with Crippen LogP contribution in [-0.4, -0.2) is 28.6 Å². The molecule has 9 heteroatoms. The van der Waals surface area contributed by atoms with Crippen LogP contribution in [0.15, 0.2) is 82.7 Å². The molecule has 0 aliphatic carbocycles. The van der Waals surface area contributed by atoms with Crippen LogP contribution in [0.3, 0.4) is 0 Å². The molecule has 1 amide bonds. The van der Waals surface area contributed by atoms with Gasteiger partial charge in [0.25, 0.3) is 5.91 Å². The molecule has 2 aromatic heterocycles. The van der Waals surface area contributed by atoms with Crippen LogP contribution < -0.4 is 14.4 Å². The third-order valence-electron chi connectivity index (χ3n) is 5.81. The summed E-state index contributed by atoms with van der Waals surface area (Å²) in [6.07, 6.45) is 3.11. The number of rotatable bonds is 4. The Labute approximate surface area is 197 Å². The number of hydrogen-bond donors (Lipinski definition) is 1. The number of anilines is 1. The van der Waals surface area contributed by atoms with Crippen molar-refractivity contribution >= 4 is 39.9 Å². The number of aliphatic hydroxyl groups is 1. The van der Waals surface area contributed by atoms with E-state index in [2.05, 4.69) is 4.98 Å². The van der Waals surface area contributed by atoms with Crippen molar-refractivity contribution in [1.82, 2.24) is 4.98 Å². The van der Waals surface area contributed by atoms with Gasteiger partial charge in [0, 0.05) is 34.6 Å². The molecule has 2 aliphatic rings. The van der Waals surface area contributed by atoms with Crippen LogP contribution in [0.1, 0.15) is 22.2 Å². The standard InChI is InChI=1S/C25H15ClN2O6/c26-15-1-3-17-14(9-15)10-20(34-17)23(29)21-22(13-5-7-27-8-6-13)28(25(31)24(21)30)16-2-4-18-19(11-16)33-12-32-18/h1-11,22,30H,12H2. The Morgan fingerprint density at radius 3 is 2.65 bits per heavy atom. The van der Waals surface area contributed by atoms with Gasteiger partial charge in [0.2, 0.25) is 12.6 Å². The van der Waals surface area contributed by atoms with E-state index >= 15 is 0 Å². The number of ether oxygens (including phenoxy) is 2. The van der Waals surface area contributed by atoms with Gasteiger partial charge in [-0.3, -0.25) is 19.5 Å². The zero-order valence-corrected chi connectivity index (χ0v) is 18.2. The maximum Gasteiger partial charge on any atom is 0.294 e. The maximum absolute atomic E-state index is 13.6. The molecular weight excluding hydrogens is 460 g/mol. The molecular formula is C25H15ClN2O6. The molecule has 1 N–H and O–H groups in total. The van der Waals surface area contributed by atoms with E-state index in [0.29, 0.717) is 38.7 Å². The summed E-state index contributed by atoms with van der Waals surface area (Å²) in [5, 5.41) is 12.0. The van der Waals surface area contributed by atoms with Gasteiger partial charge in [0.05, 0.1) is 11.6 Å². The van der Waals surface area contributed by atoms with Gasteiger partial charge in [0.1, 0.15) is 5.58 Å². The Morgan fingerprint density at radius 1 is 1.03 bits per heavy atom. The zero-order valence-electron chi connectivity index (χ0n) is 17.4. The van der Waals surface area contributed by atoms with Crippen molar-refractivity contribution in [3.8, 4) is 11.5 Å². The monoisotopic (exact) mass is 474 g/mol. The van der Waals surface area contributed by atoms with Crippen molar-refractivity contribution in [3.63, 3.8) is 0 Å². The number of carbonyl (C=O) groups is 2. The van der Waals surface area contributed by atoms with E-state index in [4.69, 9.17) is 25.5 Å². The van der Waals surface area contributed by atoms with Gasteiger partial charge in [-0.15, -0.1) is 0 Å². The highest BCUT2D eigenvalue weighted by molar-refractivity contribution is 6.31. The number of halogens is 1. The first kappa shape index (κ1) is 20.3. The molecule has 8 nitrogen and oxygen atoms in total. The topological polar surface area (TPSA) is 102 Å². The van der Waals surface area contributed by atoms with E-state index in [1.165, 1.54) is 4.90 Å². The number of amides is 1. The van der Waals surface area contributed by atoms with Crippen LogP contribution in [0.2, 0.25) is 5.02 Å². The Bertz CT molecular complexity index is 1510. The van der Waals surface area contributed by atoms with E-state index in [1.54, 1.807) is 67.0 Å². The van der Waals surface area contributed by atoms with Gasteiger partial charge in [-0.1, -0.05) is 11.6 Å². The van der Waals surface area contributed by atoms with E-state index in [0.717, 1.165) is 0 Å². The third-order valence-corrected chi connectivity index (χ3v) is 6.05. The lowest BCUT2D eigenvalue weighted by atomic mass is 9.95. The molecule has 168 valence electrons. The van der Waals surface area contributed by atoms with E-state index in [-0.39, 0.29) is 18.1 Å². The molecule has 0 saturated carbocycles. The maximum atomic E-state index is 13.6. The summed E-state index contributed by atoms with van der Waals surface area (Å²) in [6.45, 7) is 0.0732. The summed E-state index contributed by atoms with van der Waals surface area (Å²) in [5.74, 6) is -0.981. The van der Waals surface area contributed by atoms with Crippen LogP contribution in [0.4, 0.5) is 5.69 Å². The van der Waals surface area contributed by atoms with Gasteiger partial charge in [0.15, 0.2) is 23.0 Å². The van der Waals surface area contributed by atoms with Crippen LogP contribution in [0.5, 0.6) is 11.5 Å². The fraction of sp³-hybridized carbons (Fsp3) is 0.0800. The average molecular weight is 475 g/mol. The summed E-state index contributed by atoms with van der Waals surface area (Å²) in [7, 11) is 0. The molecule has 6 rings (SSSR count). The SMILES string of the molecule is O=C(C1=C(O)C(=O)N(c2ccc3c(c2)OCO3)C1c1ccncc1)c1cc2cc(Cl)ccc2o1. The quantitative estimate of drug-likeness (QED) is 0.415. The van der Waals surface area contributed by atoms with Crippen LogP contribution in [0, 0.1) is 0 Å². The van der Waals surface area contributed by atoms with Gasteiger partial charge in [-0.2, -0.15) is 0 Å². The van der Waals surface area contributed by atoms with Gasteiger partial charge < -0.3 is 19.0 Å². The predicted molar refractivity (Wildman–Crippen MR) is 122 cm³/mol. The molecule has 1 atom stereocenters. The van der Waals surface area contributed by atoms with Gasteiger partial charge >= 0.3 is 0 Å². The summed E-state index contributed by atoms with van der Waals surface area (Å²) in [6, 6.07) is 14.0. The predicted octanol–water partition coefficient (Wildman–Crippen LogP) is 4.99. The van der Waals surface area contributed by atoms with Crippen LogP contribution >= 0.6 is 11.6 Å². The molecule has 0 spiro atoms. The highest BCUT2D eigenvalue weighted by atomic mass is 35.5. The smallest absolute Gasteiger partial charge is 0.294 e. The second kappa shape index (κ2) is 7.64. The zero-order chi connectivity index (χ0) is 23.4. The normalized spacial score (nSPS) is 17.1. The number of benzene rings is 2. The molecule has 0 bridgehead atoms. The van der Waals surface area contributed by atoms with Crippen molar-refractivity contribution in [1.29, 1.82) is 0 Å². The first-order valence-electron chi connectivity index (χ1n) is 10.3. The largest absolute Gasteiger partial charge is 0.503 e. The lowest BCUT2D eigenvalue weighted by molar-refractivity contribution is -0.117. The Balaban J connectivity index is 1.48. The van der Waals surface area contributed by atoms with Crippen molar-refractivity contribution < 1.29 is 28.6 Å². The molecule has 34 heavy (non-hydrogen) atoms. The third kappa shape index (κ3) is 3.11. The molecule has 0 fully saturated rings. The number of aliphatic hydroxyl groups excluding tert-OH is 1. The average Bonchev–Trinajstić information content (AvgIpc) is 3.55. The molecule has 2 aliphatic heterocycles. The Morgan fingerprint density at radius 2 is 1.82 bits per heavy atom. The fourth-order valence-electron chi connectivity index (χ4n) is 4.26. The lowest BCUT2D eigenvalue weighted by Gasteiger charge is -2.26. The second-order valence-corrected chi connectivity index (χ2v) is 8.22. The van der Waals surface area contributed by atoms with Gasteiger partial charge in [-0.25, -0.2) is 0 Å². The molecule has 4 heterocycles. The van der Waals surface area contributed by atoms with Gasteiger partial charge in [-0.05, 0) is 54.1 Å². The van der Waals surface area contributed by atoms with E-state index in [1.807, 2.05) is 0 Å². The van der Waals surface area contributed by atoms with E-state index in [9.17, 15) is 14.7 Å². The molecule has 0 saturated heterocycles. The minimum absolute atomic E-state index is 0.0155. The first-order chi connectivity index (χ1) is 16.5. The second-order valence-electron chi connectivity index (χ2n) is 7.78. The number of hydrogen-bond acceptors (Lipinski definition) is 7. The van der Waals surface area contributed by atoms with Crippen molar-refractivity contribution in [2.24, 2.45) is 0 Å². The number of carbonyl (C=O) groups excluding carboxylic acids is 2. The fourth-order valence-corrected chi connectivity index (χ4v) is 4.44. The Hall–Kier alpha value is -4.30. The van der Waals surface area contributed by atoms with Crippen molar-refractivity contribution in [2.45, 2.75) is 6.04 Å². The molecule has 0 radical (unpaired) electrons. The number of fused-ring (bicyclic) bond motifs is 2. The number of Topliss-reactive ketones (excluding diaryl/α,β-unsaturated/α-hetero) is 1. The minimum atomic E-state index is -0.917. The number of nitrogens with zero attached hydrogens (tertiary/aromatic N) is 2. The van der Waals surface area contributed by atoms with Crippen LogP contribution in [-0.2, 0) is 4.79 Å².